The second-order valence-electron chi connectivity index (χ2n) is 23.0. The maximum atomic E-state index is 14.9. The van der Waals surface area contributed by atoms with Crippen LogP contribution in [0.15, 0.2) is 60.7 Å². The van der Waals surface area contributed by atoms with Gasteiger partial charge in [-0.3, -0.25) is 38.4 Å². The predicted octanol–water partition coefficient (Wildman–Crippen LogP) is 3.99. The highest BCUT2D eigenvalue weighted by molar-refractivity contribution is 5.99. The highest BCUT2D eigenvalue weighted by atomic mass is 19.1. The summed E-state index contributed by atoms with van der Waals surface area (Å²) < 4.78 is 40.5. The maximum Gasteiger partial charge on any atom is 0.251 e. The normalized spacial score (nSPS) is 24.2. The van der Waals surface area contributed by atoms with Crippen LogP contribution >= 0.6 is 0 Å². The van der Waals surface area contributed by atoms with E-state index in [0.29, 0.717) is 61.2 Å². The summed E-state index contributed by atoms with van der Waals surface area (Å²) in [6.07, 6.45) is 9.13. The molecule has 82 heavy (non-hydrogen) atoms. The fourth-order valence-corrected chi connectivity index (χ4v) is 12.6. The van der Waals surface area contributed by atoms with Crippen molar-refractivity contribution in [2.24, 2.45) is 11.8 Å². The van der Waals surface area contributed by atoms with E-state index in [1.807, 2.05) is 0 Å². The van der Waals surface area contributed by atoms with Crippen LogP contribution in [0.1, 0.15) is 148 Å². The SMILES string of the molecule is CN[C@@H](C)C(=O)N[C@H](C(=O)N1C[C@@H](NC(=O)c2ccc(C(=O)N[C@H]3C[C@@H](C(=O)N[C@@H]4CCOc5ccc(F)cc54)N(C(=O)[C@@H](NC(=O)[C@H](C)NC)C4CCCCC4)C3)cc2)C[C@H]1C(=O)N[C@@H]1CCOc2ccc(F)cc21)C1CCCCC1. The number of likely N-dealkylation sites (tertiary alicyclic amines) is 2. The van der Waals surface area contributed by atoms with Crippen LogP contribution in [-0.2, 0) is 28.8 Å². The van der Waals surface area contributed by atoms with Gasteiger partial charge in [0.25, 0.3) is 11.8 Å². The molecule has 2 aliphatic carbocycles. The number of hydrogen-bond donors (Lipinski definition) is 8. The minimum atomic E-state index is -1.07. The van der Waals surface area contributed by atoms with Crippen molar-refractivity contribution in [1.82, 2.24) is 52.3 Å². The lowest BCUT2D eigenvalue weighted by atomic mass is 9.83. The number of ether oxygens (including phenoxy) is 2. The molecule has 0 unspecified atom stereocenters. The van der Waals surface area contributed by atoms with Gasteiger partial charge in [0.2, 0.25) is 35.4 Å². The molecule has 2 saturated heterocycles. The molecule has 22 heteroatoms. The average molecular weight is 1140 g/mol. The zero-order valence-electron chi connectivity index (χ0n) is 47.2. The van der Waals surface area contributed by atoms with Gasteiger partial charge in [0, 0.05) is 60.3 Å². The molecule has 2 saturated carbocycles. The van der Waals surface area contributed by atoms with Gasteiger partial charge in [-0.05, 0) is 139 Å². The van der Waals surface area contributed by atoms with Crippen LogP contribution in [0, 0.1) is 23.5 Å². The molecule has 4 heterocycles. The first-order valence-corrected chi connectivity index (χ1v) is 29.2. The molecule has 0 bridgehead atoms. The standard InChI is InChI=1S/C60H78F2N10O10/c1-33(63-3)53(73)69-51(35-11-7-5-8-12-35)59(79)71-31-41(29-47(71)57(77)67-45-23-25-81-49-21-19-39(61)27-43(45)49)65-55(75)37-15-17-38(18-16-37)56(76)66-42-30-48(58(78)68-46-24-26-82-50-22-20-40(62)28-44(46)50)72(32-42)60(80)52(36-13-9-6-10-14-36)70-54(74)34(2)64-4/h15-22,27-28,33-36,41-42,45-48,51-52,63-64H,5-14,23-26,29-32H2,1-4H3,(H,65,75)(H,66,76)(H,67,77)(H,68,78)(H,69,73)(H,70,74)/t33-,34-,41-,42-,45+,46+,47-,48-,51-,52-/m0/s1. The molecule has 9 rings (SSSR count). The van der Waals surface area contributed by atoms with Gasteiger partial charge in [-0.1, -0.05) is 38.5 Å². The first kappa shape index (κ1) is 59.4. The van der Waals surface area contributed by atoms with E-state index in [4.69, 9.17) is 9.47 Å². The second-order valence-corrected chi connectivity index (χ2v) is 23.0. The van der Waals surface area contributed by atoms with Gasteiger partial charge in [-0.2, -0.15) is 0 Å². The Bertz CT molecular complexity index is 2660. The van der Waals surface area contributed by atoms with Gasteiger partial charge >= 0.3 is 0 Å². The molecule has 0 aromatic heterocycles. The monoisotopic (exact) mass is 1140 g/mol. The van der Waals surface area contributed by atoms with Crippen LogP contribution in [0.25, 0.3) is 0 Å². The van der Waals surface area contributed by atoms with Crippen molar-refractivity contribution in [1.29, 1.82) is 0 Å². The van der Waals surface area contributed by atoms with Gasteiger partial charge in [-0.25, -0.2) is 8.78 Å². The van der Waals surface area contributed by atoms with Gasteiger partial charge < -0.3 is 61.8 Å². The van der Waals surface area contributed by atoms with Crippen molar-refractivity contribution >= 4 is 47.3 Å². The molecule has 0 spiro atoms. The Kier molecular flexibility index (Phi) is 19.4. The number of halogens is 2. The van der Waals surface area contributed by atoms with E-state index in [0.717, 1.165) is 38.5 Å². The summed E-state index contributed by atoms with van der Waals surface area (Å²) in [5, 5.41) is 23.9. The molecule has 0 radical (unpaired) electrons. The van der Waals surface area contributed by atoms with E-state index in [2.05, 4.69) is 42.5 Å². The minimum absolute atomic E-state index is 0.0327. The molecule has 8 amide bonds. The number of fused-ring (bicyclic) bond motifs is 2. The Morgan fingerprint density at radius 2 is 0.890 bits per heavy atom. The Hall–Kier alpha value is -7.20. The van der Waals surface area contributed by atoms with Crippen molar-refractivity contribution in [3.05, 3.63) is 94.6 Å². The Morgan fingerprint density at radius 3 is 1.26 bits per heavy atom. The van der Waals surface area contributed by atoms with E-state index >= 15 is 0 Å². The summed E-state index contributed by atoms with van der Waals surface area (Å²) in [7, 11) is 3.30. The number of nitrogens with zero attached hydrogens (tertiary/aromatic N) is 2. The average Bonchev–Trinajstić information content (AvgIpc) is 4.31. The summed E-state index contributed by atoms with van der Waals surface area (Å²) in [5.41, 5.74) is 1.30. The largest absolute Gasteiger partial charge is 0.493 e. The molecule has 6 aliphatic rings. The van der Waals surface area contributed by atoms with Crippen LogP contribution < -0.4 is 52.0 Å². The highest BCUT2D eigenvalue weighted by Crippen LogP contribution is 2.37. The zero-order chi connectivity index (χ0) is 58.2. The van der Waals surface area contributed by atoms with Crippen LogP contribution in [0.2, 0.25) is 0 Å². The molecule has 3 aromatic rings. The van der Waals surface area contributed by atoms with Crippen molar-refractivity contribution < 1.29 is 56.6 Å². The summed E-state index contributed by atoms with van der Waals surface area (Å²) in [5.74, 6) is -4.13. The Balaban J connectivity index is 0.903. The van der Waals surface area contributed by atoms with Crippen LogP contribution in [0.5, 0.6) is 11.5 Å². The number of amides is 8. The first-order chi connectivity index (χ1) is 39.5. The summed E-state index contributed by atoms with van der Waals surface area (Å²) >= 11 is 0. The van der Waals surface area contributed by atoms with Crippen LogP contribution in [-0.4, -0.2) is 146 Å². The van der Waals surface area contributed by atoms with E-state index in [1.54, 1.807) is 27.9 Å². The smallest absolute Gasteiger partial charge is 0.251 e. The summed E-state index contributed by atoms with van der Waals surface area (Å²) in [6.45, 7) is 3.83. The fourth-order valence-electron chi connectivity index (χ4n) is 12.6. The lowest BCUT2D eigenvalue weighted by molar-refractivity contribution is -0.143. The van der Waals surface area contributed by atoms with Crippen molar-refractivity contribution in [2.75, 3.05) is 40.4 Å². The van der Waals surface area contributed by atoms with E-state index < -0.39 is 107 Å². The van der Waals surface area contributed by atoms with Crippen molar-refractivity contribution in [3.8, 4) is 11.5 Å². The van der Waals surface area contributed by atoms with E-state index in [1.165, 1.54) is 70.5 Å². The first-order valence-electron chi connectivity index (χ1n) is 29.2. The fraction of sp³-hybridized carbons (Fsp3) is 0.567. The number of likely N-dealkylation sites (N-methyl/N-ethyl adjacent to an activating group) is 2. The molecular formula is C60H78F2N10O10. The lowest BCUT2D eigenvalue weighted by Crippen LogP contribution is -2.58. The summed E-state index contributed by atoms with van der Waals surface area (Å²) in [6, 6.07) is 6.27. The molecule has 4 aliphatic heterocycles. The number of benzene rings is 3. The molecule has 10 atom stereocenters. The van der Waals surface area contributed by atoms with Crippen molar-refractivity contribution in [3.63, 3.8) is 0 Å². The summed E-state index contributed by atoms with van der Waals surface area (Å²) in [4.78, 5) is 117. The third-order valence-electron chi connectivity index (χ3n) is 17.5. The number of hydrogen-bond acceptors (Lipinski definition) is 12. The molecule has 8 N–H and O–H groups in total. The highest BCUT2D eigenvalue weighted by Gasteiger charge is 2.47. The lowest BCUT2D eigenvalue weighted by Gasteiger charge is -2.35. The predicted molar refractivity (Wildman–Crippen MR) is 298 cm³/mol. The second kappa shape index (κ2) is 26.8. The van der Waals surface area contributed by atoms with Gasteiger partial charge in [0.15, 0.2) is 0 Å². The molecular weight excluding hydrogens is 1060 g/mol. The van der Waals surface area contributed by atoms with E-state index in [9.17, 15) is 47.1 Å². The van der Waals surface area contributed by atoms with Gasteiger partial charge in [0.05, 0.1) is 37.4 Å². The third-order valence-corrected chi connectivity index (χ3v) is 17.5. The molecule has 442 valence electrons. The van der Waals surface area contributed by atoms with Crippen LogP contribution in [0.3, 0.4) is 0 Å². The minimum Gasteiger partial charge on any atom is -0.493 e. The zero-order valence-corrected chi connectivity index (χ0v) is 47.2. The maximum absolute atomic E-state index is 14.9. The number of carbonyl (C=O) groups excluding carboxylic acids is 8. The van der Waals surface area contributed by atoms with Gasteiger partial charge in [-0.15, -0.1) is 0 Å². The number of carbonyl (C=O) groups is 8. The third kappa shape index (κ3) is 13.8. The molecule has 4 fully saturated rings. The van der Waals surface area contributed by atoms with Crippen molar-refractivity contribution in [2.45, 2.75) is 164 Å². The topological polar surface area (TPSA) is 258 Å². The van der Waals surface area contributed by atoms with E-state index in [-0.39, 0.29) is 73.9 Å². The van der Waals surface area contributed by atoms with Crippen LogP contribution in [0.4, 0.5) is 8.78 Å². The quantitative estimate of drug-likeness (QED) is 0.0900. The molecule has 20 nitrogen and oxygen atoms in total. The Labute approximate surface area is 477 Å². The number of rotatable bonds is 18. The molecule has 3 aromatic carbocycles. The van der Waals surface area contributed by atoms with Gasteiger partial charge in [0.1, 0.15) is 47.3 Å². The number of nitrogens with one attached hydrogen (secondary N) is 8. The Morgan fingerprint density at radius 1 is 0.512 bits per heavy atom.